The Morgan fingerprint density at radius 1 is 1.03 bits per heavy atom. The summed E-state index contributed by atoms with van der Waals surface area (Å²) in [6.45, 7) is 4.74. The summed E-state index contributed by atoms with van der Waals surface area (Å²) in [7, 11) is 0. The zero-order valence-corrected chi connectivity index (χ0v) is 16.7. The Labute approximate surface area is 171 Å². The zero-order valence-electron chi connectivity index (χ0n) is 16.7. The Hall–Kier alpha value is -3.27. The Bertz CT molecular complexity index is 1040. The Morgan fingerprint density at radius 2 is 1.83 bits per heavy atom. The van der Waals surface area contributed by atoms with Crippen LogP contribution >= 0.6 is 0 Å². The quantitative estimate of drug-likeness (QED) is 0.584. The van der Waals surface area contributed by atoms with Gasteiger partial charge in [0, 0.05) is 17.5 Å². The summed E-state index contributed by atoms with van der Waals surface area (Å²) in [4.78, 5) is 0. The highest BCUT2D eigenvalue weighted by Gasteiger charge is 2.41. The molecule has 4 heteroatoms. The second kappa shape index (κ2) is 7.28. The van der Waals surface area contributed by atoms with Crippen molar-refractivity contribution in [1.29, 1.82) is 0 Å². The smallest absolute Gasteiger partial charge is 0.213 e. The van der Waals surface area contributed by atoms with Crippen LogP contribution in [0.1, 0.15) is 47.9 Å². The van der Waals surface area contributed by atoms with Gasteiger partial charge in [0.25, 0.3) is 0 Å². The molecule has 2 aliphatic heterocycles. The van der Waals surface area contributed by atoms with Crippen LogP contribution in [-0.4, -0.2) is 17.3 Å². The molecule has 29 heavy (non-hydrogen) atoms. The summed E-state index contributed by atoms with van der Waals surface area (Å²) in [5.74, 6) is 1.78. The number of ether oxygens (including phenoxy) is 2. The molecule has 0 saturated carbocycles. The van der Waals surface area contributed by atoms with Crippen LogP contribution in [-0.2, 0) is 0 Å². The largest absolute Gasteiger partial charge is 0.494 e. The average molecular weight is 384 g/mol. The van der Waals surface area contributed by atoms with Crippen molar-refractivity contribution in [3.63, 3.8) is 0 Å². The lowest BCUT2D eigenvalue weighted by molar-refractivity contribution is -0.0191. The van der Waals surface area contributed by atoms with Crippen molar-refractivity contribution in [3.8, 4) is 11.5 Å². The third kappa shape index (κ3) is 3.25. The van der Waals surface area contributed by atoms with Crippen molar-refractivity contribution in [3.05, 3.63) is 95.1 Å². The van der Waals surface area contributed by atoms with Crippen molar-refractivity contribution in [2.45, 2.75) is 32.5 Å². The first-order valence-electron chi connectivity index (χ1n) is 10.1. The molecule has 0 bridgehead atoms. The molecule has 0 saturated heterocycles. The first kappa shape index (κ1) is 17.8. The lowest BCUT2D eigenvalue weighted by atomic mass is 9.95. The lowest BCUT2D eigenvalue weighted by Crippen LogP contribution is -2.33. The molecule has 3 aromatic rings. The van der Waals surface area contributed by atoms with E-state index in [9.17, 15) is 0 Å². The van der Waals surface area contributed by atoms with Crippen LogP contribution in [0.3, 0.4) is 0 Å². The number of hydrogen-bond donors (Lipinski definition) is 0. The molecule has 0 fully saturated rings. The van der Waals surface area contributed by atoms with Gasteiger partial charge in [-0.05, 0) is 37.6 Å². The summed E-state index contributed by atoms with van der Waals surface area (Å²) in [6.07, 6.45) is 0.602. The van der Waals surface area contributed by atoms with Gasteiger partial charge >= 0.3 is 0 Å². The van der Waals surface area contributed by atoms with Crippen LogP contribution < -0.4 is 9.47 Å². The maximum Gasteiger partial charge on any atom is 0.213 e. The normalized spacial score (nSPS) is 19.8. The molecule has 2 heterocycles. The molecular formula is C25H24N2O2. The summed E-state index contributed by atoms with van der Waals surface area (Å²) in [6, 6.07) is 25.1. The van der Waals surface area contributed by atoms with E-state index in [1.54, 1.807) is 0 Å². The molecule has 0 radical (unpaired) electrons. The highest BCUT2D eigenvalue weighted by atomic mass is 16.5. The van der Waals surface area contributed by atoms with E-state index in [-0.39, 0.29) is 12.3 Å². The van der Waals surface area contributed by atoms with Crippen LogP contribution in [0.4, 0.5) is 0 Å². The Morgan fingerprint density at radius 3 is 2.59 bits per heavy atom. The zero-order chi connectivity index (χ0) is 19.8. The molecule has 3 aromatic carbocycles. The monoisotopic (exact) mass is 384 g/mol. The highest BCUT2D eigenvalue weighted by Crippen LogP contribution is 2.48. The third-order valence-corrected chi connectivity index (χ3v) is 5.54. The fraction of sp³-hybridized carbons (Fsp3) is 0.240. The number of benzene rings is 3. The van der Waals surface area contributed by atoms with Gasteiger partial charge in [0.05, 0.1) is 18.4 Å². The maximum absolute atomic E-state index is 6.45. The molecule has 5 rings (SSSR count). The van der Waals surface area contributed by atoms with Gasteiger partial charge in [-0.1, -0.05) is 60.2 Å². The number of aryl methyl sites for hydroxylation is 1. The van der Waals surface area contributed by atoms with E-state index in [1.165, 1.54) is 5.56 Å². The van der Waals surface area contributed by atoms with Crippen LogP contribution in [0.25, 0.3) is 0 Å². The number of rotatable bonds is 4. The van der Waals surface area contributed by atoms with Crippen molar-refractivity contribution in [2.75, 3.05) is 6.61 Å². The number of hydrogen-bond acceptors (Lipinski definition) is 4. The van der Waals surface area contributed by atoms with Crippen molar-refractivity contribution < 1.29 is 9.47 Å². The topological polar surface area (TPSA) is 34.1 Å². The molecule has 2 aliphatic rings. The minimum absolute atomic E-state index is 0.126. The first-order chi connectivity index (χ1) is 14.2. The number of nitrogens with zero attached hydrogens (tertiary/aromatic N) is 2. The number of hydrazone groups is 1. The Kier molecular flexibility index (Phi) is 4.47. The molecule has 0 N–H and O–H groups in total. The Balaban J connectivity index is 1.58. The predicted molar refractivity (Wildman–Crippen MR) is 114 cm³/mol. The standard InChI is InChI=1S/C25H24N2O2/c1-3-28-20-13-14-24-21(15-20)23-16-22(18-7-5-4-6-8-18)26-27(23)25(29-24)19-11-9-17(2)10-12-19/h4-15,23,25H,3,16H2,1-2H3/t23-,25-/m0/s1. The molecule has 2 atom stereocenters. The van der Waals surface area contributed by atoms with Gasteiger partial charge in [0.1, 0.15) is 11.5 Å². The van der Waals surface area contributed by atoms with Crippen molar-refractivity contribution >= 4 is 5.71 Å². The van der Waals surface area contributed by atoms with Crippen LogP contribution in [0.5, 0.6) is 11.5 Å². The van der Waals surface area contributed by atoms with E-state index in [4.69, 9.17) is 14.6 Å². The van der Waals surface area contributed by atoms with Gasteiger partial charge in [-0.15, -0.1) is 0 Å². The van der Waals surface area contributed by atoms with Crippen LogP contribution in [0.15, 0.2) is 77.9 Å². The van der Waals surface area contributed by atoms with Crippen LogP contribution in [0.2, 0.25) is 0 Å². The fourth-order valence-corrected chi connectivity index (χ4v) is 4.08. The van der Waals surface area contributed by atoms with Crippen LogP contribution in [0, 0.1) is 6.92 Å². The predicted octanol–water partition coefficient (Wildman–Crippen LogP) is 5.64. The second-order valence-electron chi connectivity index (χ2n) is 7.53. The summed E-state index contributed by atoms with van der Waals surface area (Å²) < 4.78 is 12.2. The van der Waals surface area contributed by atoms with Gasteiger partial charge in [-0.2, -0.15) is 5.10 Å². The minimum atomic E-state index is -0.243. The average Bonchev–Trinajstić information content (AvgIpc) is 3.21. The van der Waals surface area contributed by atoms with Gasteiger partial charge in [-0.3, -0.25) is 0 Å². The lowest BCUT2D eigenvalue weighted by Gasteiger charge is -2.38. The molecular weight excluding hydrogens is 360 g/mol. The molecule has 0 amide bonds. The third-order valence-electron chi connectivity index (χ3n) is 5.54. The van der Waals surface area contributed by atoms with E-state index in [2.05, 4.69) is 66.5 Å². The van der Waals surface area contributed by atoms with Crippen molar-refractivity contribution in [2.24, 2.45) is 5.10 Å². The van der Waals surface area contributed by atoms with E-state index in [0.717, 1.165) is 40.3 Å². The minimum Gasteiger partial charge on any atom is -0.494 e. The highest BCUT2D eigenvalue weighted by molar-refractivity contribution is 6.01. The summed E-state index contributed by atoms with van der Waals surface area (Å²) in [5.41, 5.74) is 5.72. The molecule has 146 valence electrons. The maximum atomic E-state index is 6.45. The van der Waals surface area contributed by atoms with E-state index < -0.39 is 0 Å². The molecule has 4 nitrogen and oxygen atoms in total. The molecule has 0 aromatic heterocycles. The molecule has 0 aliphatic carbocycles. The van der Waals surface area contributed by atoms with Gasteiger partial charge in [-0.25, -0.2) is 5.01 Å². The van der Waals surface area contributed by atoms with E-state index >= 15 is 0 Å². The van der Waals surface area contributed by atoms with Gasteiger partial charge < -0.3 is 9.47 Å². The number of fused-ring (bicyclic) bond motifs is 3. The van der Waals surface area contributed by atoms with Gasteiger partial charge in [0.2, 0.25) is 6.23 Å². The summed E-state index contributed by atoms with van der Waals surface area (Å²) >= 11 is 0. The van der Waals surface area contributed by atoms with E-state index in [1.807, 2.05) is 25.1 Å². The SMILES string of the molecule is CCOc1ccc2c(c1)[C@@H]1CC(c3ccccc3)=NN1[C@H](c1ccc(C)cc1)O2. The fourth-order valence-electron chi connectivity index (χ4n) is 4.08. The van der Waals surface area contributed by atoms with Gasteiger partial charge in [0.15, 0.2) is 0 Å². The first-order valence-corrected chi connectivity index (χ1v) is 10.1. The molecule has 0 unspecified atom stereocenters. The molecule has 0 spiro atoms. The van der Waals surface area contributed by atoms with E-state index in [0.29, 0.717) is 6.61 Å². The van der Waals surface area contributed by atoms with Crippen molar-refractivity contribution in [1.82, 2.24) is 5.01 Å². The second-order valence-corrected chi connectivity index (χ2v) is 7.53. The summed E-state index contributed by atoms with van der Waals surface area (Å²) in [5, 5.41) is 7.14.